The van der Waals surface area contributed by atoms with Crippen LogP contribution in [0.3, 0.4) is 0 Å². The molecule has 4 aliphatic rings. The molecule has 4 aliphatic carbocycles. The number of amides is 1. The Balaban J connectivity index is 1.57. The highest BCUT2D eigenvalue weighted by molar-refractivity contribution is 6.33. The molecule has 5 heteroatoms. The van der Waals surface area contributed by atoms with Crippen molar-refractivity contribution >= 4 is 17.5 Å². The molecule has 0 aliphatic heterocycles. The van der Waals surface area contributed by atoms with Gasteiger partial charge in [0.25, 0.3) is 5.91 Å². The SMILES string of the molecule is Cn1cc(Cl)c(C(=O)NC23CC4CC(CC(C4)C2)C3)n1. The zero-order valence-electron chi connectivity index (χ0n) is 11.7. The van der Waals surface area contributed by atoms with E-state index in [9.17, 15) is 4.79 Å². The molecule has 4 bridgehead atoms. The molecule has 0 unspecified atom stereocenters. The highest BCUT2D eigenvalue weighted by atomic mass is 35.5. The van der Waals surface area contributed by atoms with Gasteiger partial charge in [-0.25, -0.2) is 0 Å². The summed E-state index contributed by atoms with van der Waals surface area (Å²) in [4.78, 5) is 12.5. The second-order valence-electron chi connectivity index (χ2n) is 7.15. The summed E-state index contributed by atoms with van der Waals surface area (Å²) in [6.45, 7) is 0. The van der Waals surface area contributed by atoms with Crippen LogP contribution in [0.25, 0.3) is 0 Å². The summed E-state index contributed by atoms with van der Waals surface area (Å²) in [5.41, 5.74) is 0.386. The first-order chi connectivity index (χ1) is 9.53. The molecular weight excluding hydrogens is 274 g/mol. The summed E-state index contributed by atoms with van der Waals surface area (Å²) in [6, 6.07) is 0. The van der Waals surface area contributed by atoms with Gasteiger partial charge in [-0.1, -0.05) is 11.6 Å². The second-order valence-corrected chi connectivity index (χ2v) is 7.56. The fourth-order valence-corrected chi connectivity index (χ4v) is 5.44. The standard InChI is InChI=1S/C15H20ClN3O/c1-19-8-12(16)13(18-19)14(20)17-15-5-9-2-10(6-15)4-11(3-9)7-15/h8-11H,2-7H2,1H3,(H,17,20). The highest BCUT2D eigenvalue weighted by Crippen LogP contribution is 2.55. The number of carbonyl (C=O) groups excluding carboxylic acids is 1. The molecule has 1 N–H and O–H groups in total. The minimum absolute atomic E-state index is 0.0205. The van der Waals surface area contributed by atoms with Crippen LogP contribution < -0.4 is 5.32 Å². The first-order valence-electron chi connectivity index (χ1n) is 7.55. The Morgan fingerprint density at radius 3 is 2.30 bits per heavy atom. The van der Waals surface area contributed by atoms with Gasteiger partial charge < -0.3 is 5.32 Å². The topological polar surface area (TPSA) is 46.9 Å². The minimum Gasteiger partial charge on any atom is -0.345 e. The van der Waals surface area contributed by atoms with E-state index in [0.29, 0.717) is 10.7 Å². The van der Waals surface area contributed by atoms with Crippen molar-refractivity contribution in [2.45, 2.75) is 44.1 Å². The smallest absolute Gasteiger partial charge is 0.273 e. The van der Waals surface area contributed by atoms with Gasteiger partial charge in [-0.3, -0.25) is 9.48 Å². The van der Waals surface area contributed by atoms with Crippen molar-refractivity contribution in [2.75, 3.05) is 0 Å². The number of hydrogen-bond donors (Lipinski definition) is 1. The Hall–Kier alpha value is -1.03. The van der Waals surface area contributed by atoms with E-state index in [0.717, 1.165) is 37.0 Å². The fraction of sp³-hybridized carbons (Fsp3) is 0.733. The number of aryl methyl sites for hydroxylation is 1. The van der Waals surface area contributed by atoms with E-state index in [1.165, 1.54) is 19.3 Å². The Morgan fingerprint density at radius 1 is 1.30 bits per heavy atom. The van der Waals surface area contributed by atoms with Gasteiger partial charge >= 0.3 is 0 Å². The van der Waals surface area contributed by atoms with E-state index in [1.54, 1.807) is 17.9 Å². The lowest BCUT2D eigenvalue weighted by atomic mass is 9.53. The molecule has 1 aromatic heterocycles. The summed E-state index contributed by atoms with van der Waals surface area (Å²) in [7, 11) is 1.79. The molecule has 4 saturated carbocycles. The number of rotatable bonds is 2. The summed E-state index contributed by atoms with van der Waals surface area (Å²) >= 11 is 6.08. The van der Waals surface area contributed by atoms with Crippen LogP contribution in [0, 0.1) is 17.8 Å². The maximum atomic E-state index is 12.5. The van der Waals surface area contributed by atoms with E-state index < -0.39 is 0 Å². The van der Waals surface area contributed by atoms with E-state index in [1.807, 2.05) is 0 Å². The quantitative estimate of drug-likeness (QED) is 0.911. The zero-order chi connectivity index (χ0) is 13.9. The van der Waals surface area contributed by atoms with Crippen LogP contribution in [0.5, 0.6) is 0 Å². The number of halogens is 1. The molecule has 5 rings (SSSR count). The van der Waals surface area contributed by atoms with Crippen molar-refractivity contribution in [3.8, 4) is 0 Å². The molecular formula is C15H20ClN3O. The molecule has 4 fully saturated rings. The molecule has 0 radical (unpaired) electrons. The van der Waals surface area contributed by atoms with Crippen LogP contribution in [0.1, 0.15) is 49.0 Å². The molecule has 0 saturated heterocycles. The molecule has 4 nitrogen and oxygen atoms in total. The van der Waals surface area contributed by atoms with Crippen LogP contribution >= 0.6 is 11.6 Å². The molecule has 0 aromatic carbocycles. The van der Waals surface area contributed by atoms with Gasteiger partial charge in [-0.05, 0) is 56.3 Å². The molecule has 1 aromatic rings. The van der Waals surface area contributed by atoms with Crippen molar-refractivity contribution in [1.82, 2.24) is 15.1 Å². The average molecular weight is 294 g/mol. The first kappa shape index (κ1) is 12.7. The summed E-state index contributed by atoms with van der Waals surface area (Å²) < 4.78 is 1.59. The normalized spacial score (nSPS) is 38.2. The monoisotopic (exact) mass is 293 g/mol. The number of nitrogens with one attached hydrogen (secondary N) is 1. The number of carbonyl (C=O) groups is 1. The van der Waals surface area contributed by atoms with E-state index in [2.05, 4.69) is 10.4 Å². The molecule has 0 spiro atoms. The Morgan fingerprint density at radius 2 is 1.85 bits per heavy atom. The third kappa shape index (κ3) is 1.96. The van der Waals surface area contributed by atoms with Crippen LogP contribution in [0.15, 0.2) is 6.20 Å². The van der Waals surface area contributed by atoms with E-state index >= 15 is 0 Å². The third-order valence-electron chi connectivity index (χ3n) is 5.42. The maximum Gasteiger partial charge on any atom is 0.273 e. The summed E-state index contributed by atoms with van der Waals surface area (Å²) in [6.07, 6.45) is 9.24. The van der Waals surface area contributed by atoms with Crippen molar-refractivity contribution < 1.29 is 4.79 Å². The lowest BCUT2D eigenvalue weighted by molar-refractivity contribution is -0.0167. The van der Waals surface area contributed by atoms with Gasteiger partial charge in [0.1, 0.15) is 0 Å². The number of aromatic nitrogens is 2. The van der Waals surface area contributed by atoms with Gasteiger partial charge in [-0.2, -0.15) is 5.10 Å². The fourth-order valence-electron chi connectivity index (χ4n) is 5.18. The first-order valence-corrected chi connectivity index (χ1v) is 7.92. The number of hydrogen-bond acceptors (Lipinski definition) is 2. The van der Waals surface area contributed by atoms with Gasteiger partial charge in [0.2, 0.25) is 0 Å². The molecule has 1 heterocycles. The van der Waals surface area contributed by atoms with Crippen molar-refractivity contribution in [3.05, 3.63) is 16.9 Å². The molecule has 1 amide bonds. The lowest BCUT2D eigenvalue weighted by Crippen LogP contribution is -2.59. The van der Waals surface area contributed by atoms with Crippen molar-refractivity contribution in [1.29, 1.82) is 0 Å². The predicted molar refractivity (Wildman–Crippen MR) is 76.6 cm³/mol. The second kappa shape index (κ2) is 4.23. The third-order valence-corrected chi connectivity index (χ3v) is 5.69. The van der Waals surface area contributed by atoms with E-state index in [4.69, 9.17) is 11.6 Å². The van der Waals surface area contributed by atoms with Crippen LogP contribution in [0.4, 0.5) is 0 Å². The Kier molecular flexibility index (Phi) is 2.69. The minimum atomic E-state index is -0.0995. The Labute approximate surface area is 123 Å². The van der Waals surface area contributed by atoms with Gasteiger partial charge in [0.05, 0.1) is 5.02 Å². The van der Waals surface area contributed by atoms with Crippen LogP contribution in [0.2, 0.25) is 5.02 Å². The van der Waals surface area contributed by atoms with Gasteiger partial charge in [-0.15, -0.1) is 0 Å². The van der Waals surface area contributed by atoms with Crippen molar-refractivity contribution in [2.24, 2.45) is 24.8 Å². The maximum absolute atomic E-state index is 12.5. The summed E-state index contributed by atoms with van der Waals surface area (Å²) in [5, 5.41) is 7.92. The van der Waals surface area contributed by atoms with Gasteiger partial charge in [0, 0.05) is 18.8 Å². The number of nitrogens with zero attached hydrogens (tertiary/aromatic N) is 2. The molecule has 0 atom stereocenters. The zero-order valence-corrected chi connectivity index (χ0v) is 12.5. The van der Waals surface area contributed by atoms with Gasteiger partial charge in [0.15, 0.2) is 5.69 Å². The van der Waals surface area contributed by atoms with Crippen molar-refractivity contribution in [3.63, 3.8) is 0 Å². The van der Waals surface area contributed by atoms with E-state index in [-0.39, 0.29) is 11.4 Å². The largest absolute Gasteiger partial charge is 0.345 e. The lowest BCUT2D eigenvalue weighted by Gasteiger charge is -2.56. The highest BCUT2D eigenvalue weighted by Gasteiger charge is 2.51. The predicted octanol–water partition coefficient (Wildman–Crippen LogP) is 2.77. The van der Waals surface area contributed by atoms with Crippen LogP contribution in [-0.2, 0) is 7.05 Å². The summed E-state index contributed by atoms with van der Waals surface area (Å²) in [5.74, 6) is 2.36. The molecule has 20 heavy (non-hydrogen) atoms. The average Bonchev–Trinajstić information content (AvgIpc) is 2.66. The Bertz CT molecular complexity index is 530. The molecule has 108 valence electrons. The van der Waals surface area contributed by atoms with Crippen LogP contribution in [-0.4, -0.2) is 21.2 Å².